The first-order valence-electron chi connectivity index (χ1n) is 6.84. The maximum Gasteiger partial charge on any atom is 0.221 e. The number of nitrogens with one attached hydrogen (secondary N) is 1. The fraction of sp³-hybridized carbons (Fsp3) is 0.235. The van der Waals surface area contributed by atoms with Crippen molar-refractivity contribution >= 4 is 11.6 Å². The normalized spacial score (nSPS) is 10.5. The number of hydrogen-bond acceptors (Lipinski definition) is 3. The molecule has 2 N–H and O–H groups in total. The first-order chi connectivity index (χ1) is 9.97. The van der Waals surface area contributed by atoms with Gasteiger partial charge >= 0.3 is 0 Å². The number of carbonyl (C=O) groups is 1. The highest BCUT2D eigenvalue weighted by Gasteiger charge is 2.11. The Bertz CT molecular complexity index is 633. The van der Waals surface area contributed by atoms with E-state index in [4.69, 9.17) is 4.74 Å². The van der Waals surface area contributed by atoms with Crippen molar-refractivity contribution in [3.8, 4) is 22.6 Å². The number of rotatable bonds is 4. The zero-order valence-corrected chi connectivity index (χ0v) is 12.4. The summed E-state index contributed by atoms with van der Waals surface area (Å²) in [6.07, 6.45) is 0.107. The van der Waals surface area contributed by atoms with E-state index in [2.05, 4.69) is 5.32 Å². The molecule has 0 atom stereocenters. The van der Waals surface area contributed by atoms with Gasteiger partial charge in [-0.05, 0) is 43.7 Å². The number of benzene rings is 2. The molecule has 0 saturated heterocycles. The van der Waals surface area contributed by atoms with E-state index in [0.29, 0.717) is 11.3 Å². The van der Waals surface area contributed by atoms with Crippen molar-refractivity contribution in [1.29, 1.82) is 0 Å². The number of ether oxygens (including phenoxy) is 1. The molecule has 0 aliphatic heterocycles. The van der Waals surface area contributed by atoms with Crippen molar-refractivity contribution in [2.45, 2.75) is 26.9 Å². The van der Waals surface area contributed by atoms with Crippen LogP contribution in [0.25, 0.3) is 11.1 Å². The Morgan fingerprint density at radius 2 is 1.81 bits per heavy atom. The predicted molar refractivity (Wildman–Crippen MR) is 83.6 cm³/mol. The van der Waals surface area contributed by atoms with Crippen molar-refractivity contribution in [3.63, 3.8) is 0 Å². The molecule has 0 saturated carbocycles. The molecular formula is C17H19NO3. The van der Waals surface area contributed by atoms with Gasteiger partial charge in [0.15, 0.2) is 0 Å². The lowest BCUT2D eigenvalue weighted by Gasteiger charge is -2.13. The van der Waals surface area contributed by atoms with Gasteiger partial charge in [-0.2, -0.15) is 0 Å². The van der Waals surface area contributed by atoms with E-state index >= 15 is 0 Å². The van der Waals surface area contributed by atoms with E-state index in [1.165, 1.54) is 6.92 Å². The molecule has 0 spiro atoms. The summed E-state index contributed by atoms with van der Waals surface area (Å²) in [7, 11) is 0. The fourth-order valence-electron chi connectivity index (χ4n) is 2.11. The molecule has 0 unspecified atom stereocenters. The van der Waals surface area contributed by atoms with E-state index < -0.39 is 0 Å². The second kappa shape index (κ2) is 6.31. The first kappa shape index (κ1) is 14.9. The minimum atomic E-state index is -0.179. The summed E-state index contributed by atoms with van der Waals surface area (Å²) in [4.78, 5) is 11.3. The van der Waals surface area contributed by atoms with Crippen LogP contribution >= 0.6 is 0 Å². The summed E-state index contributed by atoms with van der Waals surface area (Å²) >= 11 is 0. The molecule has 21 heavy (non-hydrogen) atoms. The van der Waals surface area contributed by atoms with Gasteiger partial charge in [0.05, 0.1) is 11.8 Å². The van der Waals surface area contributed by atoms with Crippen molar-refractivity contribution in [3.05, 3.63) is 42.5 Å². The highest BCUT2D eigenvalue weighted by Crippen LogP contribution is 2.36. The minimum Gasteiger partial charge on any atom is -0.507 e. The zero-order valence-electron chi connectivity index (χ0n) is 12.4. The molecule has 0 aliphatic carbocycles. The smallest absolute Gasteiger partial charge is 0.221 e. The van der Waals surface area contributed by atoms with Crippen LogP contribution in [0.3, 0.4) is 0 Å². The quantitative estimate of drug-likeness (QED) is 0.898. The summed E-state index contributed by atoms with van der Waals surface area (Å²) in [6.45, 7) is 5.37. The fourth-order valence-corrected chi connectivity index (χ4v) is 2.11. The Hall–Kier alpha value is -2.49. The number of amides is 1. The standard InChI is InChI=1S/C17H19NO3/c1-11(2)21-14-9-7-13(8-10-14)17-15(18-12(3)19)5-4-6-16(17)20/h4-11,20H,1-3H3,(H,18,19). The molecule has 2 aromatic rings. The Morgan fingerprint density at radius 3 is 2.38 bits per heavy atom. The van der Waals surface area contributed by atoms with Gasteiger partial charge in [0, 0.05) is 12.5 Å². The summed E-state index contributed by atoms with van der Waals surface area (Å²) in [5.41, 5.74) is 2.00. The number of phenolic OH excluding ortho intramolecular Hbond substituents is 1. The van der Waals surface area contributed by atoms with Crippen LogP contribution in [0.2, 0.25) is 0 Å². The van der Waals surface area contributed by atoms with Crippen molar-refractivity contribution in [2.75, 3.05) is 5.32 Å². The van der Waals surface area contributed by atoms with Crippen LogP contribution in [0.15, 0.2) is 42.5 Å². The highest BCUT2D eigenvalue weighted by molar-refractivity contribution is 5.95. The summed E-state index contributed by atoms with van der Waals surface area (Å²) < 4.78 is 5.60. The van der Waals surface area contributed by atoms with Gasteiger partial charge in [-0.3, -0.25) is 4.79 Å². The second-order valence-electron chi connectivity index (χ2n) is 5.07. The van der Waals surface area contributed by atoms with E-state index in [1.54, 1.807) is 18.2 Å². The first-order valence-corrected chi connectivity index (χ1v) is 6.84. The molecule has 0 fully saturated rings. The molecule has 0 aromatic heterocycles. The molecule has 4 heteroatoms. The minimum absolute atomic E-state index is 0.107. The van der Waals surface area contributed by atoms with Gasteiger partial charge < -0.3 is 15.2 Å². The molecule has 0 aliphatic rings. The van der Waals surface area contributed by atoms with Crippen LogP contribution in [0, 0.1) is 0 Å². The van der Waals surface area contributed by atoms with Gasteiger partial charge in [0.2, 0.25) is 5.91 Å². The van der Waals surface area contributed by atoms with Crippen LogP contribution < -0.4 is 10.1 Å². The van der Waals surface area contributed by atoms with Gasteiger partial charge in [0.1, 0.15) is 11.5 Å². The molecule has 2 aromatic carbocycles. The van der Waals surface area contributed by atoms with Crippen molar-refractivity contribution < 1.29 is 14.6 Å². The lowest BCUT2D eigenvalue weighted by molar-refractivity contribution is -0.114. The molecule has 4 nitrogen and oxygen atoms in total. The topological polar surface area (TPSA) is 58.6 Å². The van der Waals surface area contributed by atoms with E-state index in [-0.39, 0.29) is 17.8 Å². The Morgan fingerprint density at radius 1 is 1.14 bits per heavy atom. The third-order valence-corrected chi connectivity index (χ3v) is 2.87. The van der Waals surface area contributed by atoms with Crippen LogP contribution in [0.1, 0.15) is 20.8 Å². The predicted octanol–water partition coefficient (Wildman–Crippen LogP) is 3.80. The monoisotopic (exact) mass is 285 g/mol. The molecule has 1 amide bonds. The van der Waals surface area contributed by atoms with E-state index in [9.17, 15) is 9.90 Å². The van der Waals surface area contributed by atoms with Crippen LogP contribution in [0.4, 0.5) is 5.69 Å². The Kier molecular flexibility index (Phi) is 4.48. The van der Waals surface area contributed by atoms with Crippen LogP contribution in [0.5, 0.6) is 11.5 Å². The number of anilines is 1. The van der Waals surface area contributed by atoms with E-state index in [1.807, 2.05) is 38.1 Å². The molecule has 0 heterocycles. The maximum atomic E-state index is 11.3. The van der Waals surface area contributed by atoms with Gasteiger partial charge in [0.25, 0.3) is 0 Å². The summed E-state index contributed by atoms with van der Waals surface area (Å²) in [5, 5.41) is 12.8. The molecular weight excluding hydrogens is 266 g/mol. The lowest BCUT2D eigenvalue weighted by Crippen LogP contribution is -2.07. The average Bonchev–Trinajstić information content (AvgIpc) is 2.39. The average molecular weight is 285 g/mol. The van der Waals surface area contributed by atoms with E-state index in [0.717, 1.165) is 11.3 Å². The highest BCUT2D eigenvalue weighted by atomic mass is 16.5. The Labute approximate surface area is 124 Å². The lowest BCUT2D eigenvalue weighted by atomic mass is 10.0. The third kappa shape index (κ3) is 3.75. The summed E-state index contributed by atoms with van der Waals surface area (Å²) in [5.74, 6) is 0.714. The largest absolute Gasteiger partial charge is 0.507 e. The van der Waals surface area contributed by atoms with Crippen molar-refractivity contribution in [1.82, 2.24) is 0 Å². The van der Waals surface area contributed by atoms with Crippen molar-refractivity contribution in [2.24, 2.45) is 0 Å². The molecule has 110 valence electrons. The number of phenols is 1. The second-order valence-corrected chi connectivity index (χ2v) is 5.07. The van der Waals surface area contributed by atoms with Crippen LogP contribution in [-0.2, 0) is 4.79 Å². The third-order valence-electron chi connectivity index (χ3n) is 2.87. The Balaban J connectivity index is 2.39. The van der Waals surface area contributed by atoms with Gasteiger partial charge in [-0.1, -0.05) is 18.2 Å². The number of carbonyl (C=O) groups excluding carboxylic acids is 1. The zero-order chi connectivity index (χ0) is 15.4. The van der Waals surface area contributed by atoms with Crippen LogP contribution in [-0.4, -0.2) is 17.1 Å². The maximum absolute atomic E-state index is 11.3. The molecule has 0 radical (unpaired) electrons. The molecule has 0 bridgehead atoms. The van der Waals surface area contributed by atoms with Gasteiger partial charge in [-0.25, -0.2) is 0 Å². The SMILES string of the molecule is CC(=O)Nc1cccc(O)c1-c1ccc(OC(C)C)cc1. The molecule has 2 rings (SSSR count). The van der Waals surface area contributed by atoms with Gasteiger partial charge in [-0.15, -0.1) is 0 Å². The number of aromatic hydroxyl groups is 1. The number of hydrogen-bond donors (Lipinski definition) is 2. The summed E-state index contributed by atoms with van der Waals surface area (Å²) in [6, 6.07) is 12.5.